The van der Waals surface area contributed by atoms with Crippen molar-refractivity contribution < 1.29 is 9.90 Å². The molecule has 56 valence electrons. The monoisotopic (exact) mass is 141 g/mol. The Hall–Kier alpha value is -0.860. The second-order valence-corrected chi connectivity index (χ2v) is 2.76. The normalized spacial score (nSPS) is 32.0. The van der Waals surface area contributed by atoms with Crippen molar-refractivity contribution >= 4 is 11.7 Å². The molecule has 0 saturated heterocycles. The summed E-state index contributed by atoms with van der Waals surface area (Å²) in [7, 11) is 0. The van der Waals surface area contributed by atoms with Gasteiger partial charge in [0.05, 0.1) is 0 Å². The highest BCUT2D eigenvalue weighted by atomic mass is 16.4. The van der Waals surface area contributed by atoms with Gasteiger partial charge in [-0.1, -0.05) is 6.92 Å². The lowest BCUT2D eigenvalue weighted by atomic mass is 10.0. The molecule has 1 N–H and O–H groups in total. The zero-order valence-electron chi connectivity index (χ0n) is 6.16. The van der Waals surface area contributed by atoms with Gasteiger partial charge in [0.1, 0.15) is 6.04 Å². The molecule has 3 heteroatoms. The van der Waals surface area contributed by atoms with Crippen LogP contribution in [0.4, 0.5) is 0 Å². The minimum Gasteiger partial charge on any atom is -0.480 e. The van der Waals surface area contributed by atoms with Crippen molar-refractivity contribution in [3.8, 4) is 0 Å². The van der Waals surface area contributed by atoms with Crippen molar-refractivity contribution in [2.45, 2.75) is 26.3 Å². The van der Waals surface area contributed by atoms with Gasteiger partial charge in [0, 0.05) is 5.71 Å². The summed E-state index contributed by atoms with van der Waals surface area (Å²) in [5.74, 6) is -0.454. The Morgan fingerprint density at radius 2 is 2.40 bits per heavy atom. The molecule has 10 heavy (non-hydrogen) atoms. The fourth-order valence-corrected chi connectivity index (χ4v) is 1.09. The van der Waals surface area contributed by atoms with Gasteiger partial charge in [-0.05, 0) is 19.3 Å². The molecule has 1 heterocycles. The lowest BCUT2D eigenvalue weighted by Crippen LogP contribution is -2.15. The van der Waals surface area contributed by atoms with Gasteiger partial charge in [-0.2, -0.15) is 0 Å². The molecule has 0 aliphatic carbocycles. The summed E-state index contributed by atoms with van der Waals surface area (Å²) < 4.78 is 0. The maximum atomic E-state index is 10.4. The van der Waals surface area contributed by atoms with Crippen molar-refractivity contribution in [3.63, 3.8) is 0 Å². The fraction of sp³-hybridized carbons (Fsp3) is 0.714. The molecule has 1 rings (SSSR count). The predicted molar refractivity (Wildman–Crippen MR) is 38.3 cm³/mol. The minimum absolute atomic E-state index is 0.348. The van der Waals surface area contributed by atoms with E-state index < -0.39 is 12.0 Å². The first-order chi connectivity index (χ1) is 4.61. The minimum atomic E-state index is -0.802. The molecule has 0 bridgehead atoms. The number of carboxylic acid groups (broad SMARTS) is 1. The van der Waals surface area contributed by atoms with Crippen LogP contribution in [0.25, 0.3) is 0 Å². The van der Waals surface area contributed by atoms with Crippen LogP contribution in [0.5, 0.6) is 0 Å². The smallest absolute Gasteiger partial charge is 0.328 e. The standard InChI is InChI=1S/C7H11NO2/c1-4-3-6(7(9)10)8-5(4)2/h4,6H,3H2,1-2H3,(H,9,10)/t4-,6+/m0/s1. The van der Waals surface area contributed by atoms with Crippen LogP contribution in [0, 0.1) is 5.92 Å². The second-order valence-electron chi connectivity index (χ2n) is 2.76. The van der Waals surface area contributed by atoms with E-state index in [9.17, 15) is 4.79 Å². The van der Waals surface area contributed by atoms with E-state index in [0.29, 0.717) is 12.3 Å². The summed E-state index contributed by atoms with van der Waals surface area (Å²) in [6, 6.07) is -0.477. The van der Waals surface area contributed by atoms with Gasteiger partial charge in [0.2, 0.25) is 0 Å². The van der Waals surface area contributed by atoms with E-state index in [4.69, 9.17) is 5.11 Å². The molecule has 2 atom stereocenters. The first-order valence-corrected chi connectivity index (χ1v) is 3.38. The Balaban J connectivity index is 2.65. The molecular weight excluding hydrogens is 130 g/mol. The second kappa shape index (κ2) is 2.40. The highest BCUT2D eigenvalue weighted by Crippen LogP contribution is 2.19. The average Bonchev–Trinajstić information content (AvgIpc) is 2.13. The predicted octanol–water partition coefficient (Wildman–Crippen LogP) is 0.940. The Labute approximate surface area is 59.8 Å². The van der Waals surface area contributed by atoms with Crippen molar-refractivity contribution in [1.29, 1.82) is 0 Å². The number of carboxylic acids is 1. The van der Waals surface area contributed by atoms with Crippen LogP contribution < -0.4 is 0 Å². The SMILES string of the molecule is CC1=N[C@@H](C(=O)O)C[C@@H]1C. The van der Waals surface area contributed by atoms with E-state index in [2.05, 4.69) is 4.99 Å². The quantitative estimate of drug-likeness (QED) is 0.590. The largest absolute Gasteiger partial charge is 0.480 e. The molecule has 0 aromatic carbocycles. The summed E-state index contributed by atoms with van der Waals surface area (Å²) in [4.78, 5) is 14.4. The van der Waals surface area contributed by atoms with E-state index in [1.807, 2.05) is 13.8 Å². The lowest BCUT2D eigenvalue weighted by molar-refractivity contribution is -0.138. The Morgan fingerprint density at radius 3 is 2.60 bits per heavy atom. The molecule has 0 amide bonds. The third-order valence-electron chi connectivity index (χ3n) is 1.93. The molecule has 0 saturated carbocycles. The third-order valence-corrected chi connectivity index (χ3v) is 1.93. The zero-order valence-corrected chi connectivity index (χ0v) is 6.16. The number of carbonyl (C=O) groups is 1. The van der Waals surface area contributed by atoms with Crippen molar-refractivity contribution in [1.82, 2.24) is 0 Å². The summed E-state index contributed by atoms with van der Waals surface area (Å²) in [5.41, 5.74) is 0.965. The summed E-state index contributed by atoms with van der Waals surface area (Å²) >= 11 is 0. The van der Waals surface area contributed by atoms with Gasteiger partial charge in [0.25, 0.3) is 0 Å². The molecule has 1 aliphatic heterocycles. The molecule has 0 aromatic rings. The number of hydrogen-bond acceptors (Lipinski definition) is 2. The van der Waals surface area contributed by atoms with Gasteiger partial charge in [0.15, 0.2) is 0 Å². The Morgan fingerprint density at radius 1 is 1.80 bits per heavy atom. The van der Waals surface area contributed by atoms with Gasteiger partial charge < -0.3 is 5.11 Å². The van der Waals surface area contributed by atoms with E-state index in [-0.39, 0.29) is 0 Å². The van der Waals surface area contributed by atoms with Gasteiger partial charge in [-0.3, -0.25) is 4.99 Å². The van der Waals surface area contributed by atoms with Crippen molar-refractivity contribution in [2.75, 3.05) is 0 Å². The highest BCUT2D eigenvalue weighted by molar-refractivity contribution is 5.90. The molecule has 0 spiro atoms. The van der Waals surface area contributed by atoms with E-state index in [1.165, 1.54) is 0 Å². The summed E-state index contributed by atoms with van der Waals surface area (Å²) in [5, 5.41) is 8.54. The first kappa shape index (κ1) is 7.25. The molecule has 0 unspecified atom stereocenters. The van der Waals surface area contributed by atoms with Crippen LogP contribution in [-0.2, 0) is 4.79 Å². The van der Waals surface area contributed by atoms with Crippen LogP contribution in [0.2, 0.25) is 0 Å². The van der Waals surface area contributed by atoms with E-state index >= 15 is 0 Å². The maximum Gasteiger partial charge on any atom is 0.328 e. The van der Waals surface area contributed by atoms with Crippen LogP contribution in [0.1, 0.15) is 20.3 Å². The molecule has 1 aliphatic rings. The summed E-state index contributed by atoms with van der Waals surface area (Å²) in [6.07, 6.45) is 0.668. The molecule has 3 nitrogen and oxygen atoms in total. The van der Waals surface area contributed by atoms with E-state index in [1.54, 1.807) is 0 Å². The topological polar surface area (TPSA) is 49.7 Å². The Bertz CT molecular complexity index is 186. The first-order valence-electron chi connectivity index (χ1n) is 3.38. The highest BCUT2D eigenvalue weighted by Gasteiger charge is 2.26. The zero-order chi connectivity index (χ0) is 7.72. The van der Waals surface area contributed by atoms with Crippen LogP contribution in [0.15, 0.2) is 4.99 Å². The lowest BCUT2D eigenvalue weighted by Gasteiger charge is -1.99. The van der Waals surface area contributed by atoms with Gasteiger partial charge >= 0.3 is 5.97 Å². The number of aliphatic carboxylic acids is 1. The molecule has 0 fully saturated rings. The van der Waals surface area contributed by atoms with Crippen molar-refractivity contribution in [3.05, 3.63) is 0 Å². The summed E-state index contributed by atoms with van der Waals surface area (Å²) in [6.45, 7) is 3.88. The molecular formula is C7H11NO2. The average molecular weight is 141 g/mol. The van der Waals surface area contributed by atoms with Crippen LogP contribution in [0.3, 0.4) is 0 Å². The molecule has 0 radical (unpaired) electrons. The van der Waals surface area contributed by atoms with Gasteiger partial charge in [-0.25, -0.2) is 4.79 Å². The van der Waals surface area contributed by atoms with Crippen LogP contribution >= 0.6 is 0 Å². The van der Waals surface area contributed by atoms with Gasteiger partial charge in [-0.15, -0.1) is 0 Å². The number of nitrogens with zero attached hydrogens (tertiary/aromatic N) is 1. The number of hydrogen-bond donors (Lipinski definition) is 1. The van der Waals surface area contributed by atoms with Crippen molar-refractivity contribution in [2.24, 2.45) is 10.9 Å². The number of aliphatic imine (C=N–C) groups is 1. The third kappa shape index (κ3) is 1.17. The fourth-order valence-electron chi connectivity index (χ4n) is 1.09. The van der Waals surface area contributed by atoms with Crippen LogP contribution in [-0.4, -0.2) is 22.8 Å². The maximum absolute atomic E-state index is 10.4. The molecule has 0 aromatic heterocycles. The van der Waals surface area contributed by atoms with E-state index in [0.717, 1.165) is 5.71 Å². The Kier molecular flexibility index (Phi) is 1.74. The number of rotatable bonds is 1.